The van der Waals surface area contributed by atoms with Crippen LogP contribution in [0.3, 0.4) is 0 Å². The second-order valence-electron chi connectivity index (χ2n) is 3.60. The maximum Gasteiger partial charge on any atom is 0.318 e. The minimum Gasteiger partial charge on any atom is -0.480 e. The third kappa shape index (κ3) is 3.47. The average molecular weight is 248 g/mol. The van der Waals surface area contributed by atoms with Gasteiger partial charge in [-0.2, -0.15) is 9.57 Å². The standard InChI is InChI=1S/C9H16N2O4S/c1-4-8(5-10)16(14,15)11(7(2)3)6-9(12)13/h7-8H,4,6H2,1-3H3,(H,12,13). The molecule has 1 unspecified atom stereocenters. The van der Waals surface area contributed by atoms with Gasteiger partial charge in [-0.1, -0.05) is 6.92 Å². The number of aliphatic carboxylic acids is 1. The van der Waals surface area contributed by atoms with Crippen molar-refractivity contribution in [3.05, 3.63) is 0 Å². The fourth-order valence-corrected chi connectivity index (χ4v) is 2.99. The Kier molecular flexibility index (Phi) is 5.41. The fourth-order valence-electron chi connectivity index (χ4n) is 1.23. The Balaban J connectivity index is 5.21. The molecule has 0 aromatic carbocycles. The molecule has 0 rings (SSSR count). The average Bonchev–Trinajstić information content (AvgIpc) is 2.14. The van der Waals surface area contributed by atoms with E-state index in [9.17, 15) is 13.2 Å². The Labute approximate surface area is 95.5 Å². The molecule has 0 aromatic rings. The maximum atomic E-state index is 11.9. The smallest absolute Gasteiger partial charge is 0.318 e. The van der Waals surface area contributed by atoms with Crippen LogP contribution in [0.25, 0.3) is 0 Å². The highest BCUT2D eigenvalue weighted by molar-refractivity contribution is 7.90. The minimum atomic E-state index is -3.87. The summed E-state index contributed by atoms with van der Waals surface area (Å²) in [5.41, 5.74) is 0. The van der Waals surface area contributed by atoms with Gasteiger partial charge in [0.25, 0.3) is 0 Å². The summed E-state index contributed by atoms with van der Waals surface area (Å²) in [6, 6.07) is 1.20. The molecule has 1 atom stereocenters. The van der Waals surface area contributed by atoms with Crippen molar-refractivity contribution in [3.63, 3.8) is 0 Å². The van der Waals surface area contributed by atoms with Crippen molar-refractivity contribution in [1.29, 1.82) is 5.26 Å². The quantitative estimate of drug-likeness (QED) is 0.734. The van der Waals surface area contributed by atoms with Gasteiger partial charge in [0.1, 0.15) is 6.54 Å². The van der Waals surface area contributed by atoms with Crippen LogP contribution in [-0.4, -0.2) is 41.6 Å². The van der Waals surface area contributed by atoms with Crippen LogP contribution in [-0.2, 0) is 14.8 Å². The van der Waals surface area contributed by atoms with Gasteiger partial charge in [-0.3, -0.25) is 4.79 Å². The monoisotopic (exact) mass is 248 g/mol. The zero-order chi connectivity index (χ0) is 12.9. The van der Waals surface area contributed by atoms with E-state index in [1.54, 1.807) is 26.8 Å². The van der Waals surface area contributed by atoms with Crippen LogP contribution in [0.1, 0.15) is 27.2 Å². The second-order valence-corrected chi connectivity index (χ2v) is 5.67. The van der Waals surface area contributed by atoms with Crippen LogP contribution < -0.4 is 0 Å². The Bertz CT molecular complexity index is 383. The lowest BCUT2D eigenvalue weighted by molar-refractivity contribution is -0.137. The van der Waals surface area contributed by atoms with Crippen molar-refractivity contribution in [3.8, 4) is 6.07 Å². The van der Waals surface area contributed by atoms with Crippen LogP contribution in [0, 0.1) is 11.3 Å². The summed E-state index contributed by atoms with van der Waals surface area (Å²) in [6.07, 6.45) is 0.141. The third-order valence-corrected chi connectivity index (χ3v) is 4.43. The summed E-state index contributed by atoms with van der Waals surface area (Å²) in [5.74, 6) is -1.23. The van der Waals surface area contributed by atoms with Gasteiger partial charge in [0.15, 0.2) is 5.25 Å². The zero-order valence-corrected chi connectivity index (χ0v) is 10.4. The summed E-state index contributed by atoms with van der Waals surface area (Å²) in [7, 11) is -3.87. The fraction of sp³-hybridized carbons (Fsp3) is 0.778. The largest absolute Gasteiger partial charge is 0.480 e. The van der Waals surface area contributed by atoms with Crippen LogP contribution in [0.15, 0.2) is 0 Å². The van der Waals surface area contributed by atoms with Gasteiger partial charge in [-0.25, -0.2) is 8.42 Å². The summed E-state index contributed by atoms with van der Waals surface area (Å²) < 4.78 is 24.7. The molecule has 0 radical (unpaired) electrons. The molecule has 0 bridgehead atoms. The Morgan fingerprint density at radius 3 is 2.25 bits per heavy atom. The first-order valence-electron chi connectivity index (χ1n) is 4.89. The van der Waals surface area contributed by atoms with Crippen molar-refractivity contribution in [2.45, 2.75) is 38.5 Å². The molecular weight excluding hydrogens is 232 g/mol. The third-order valence-electron chi connectivity index (χ3n) is 2.07. The molecule has 6 nitrogen and oxygen atoms in total. The van der Waals surface area contributed by atoms with E-state index in [4.69, 9.17) is 10.4 Å². The van der Waals surface area contributed by atoms with E-state index in [1.165, 1.54) is 0 Å². The van der Waals surface area contributed by atoms with Crippen LogP contribution in [0.2, 0.25) is 0 Å². The Hall–Kier alpha value is -1.13. The van der Waals surface area contributed by atoms with Crippen LogP contribution in [0.5, 0.6) is 0 Å². The molecular formula is C9H16N2O4S. The number of nitrogens with zero attached hydrogens (tertiary/aromatic N) is 2. The van der Waals surface area contributed by atoms with Crippen LogP contribution in [0.4, 0.5) is 0 Å². The number of carbonyl (C=O) groups is 1. The van der Waals surface area contributed by atoms with Gasteiger partial charge < -0.3 is 5.11 Å². The van der Waals surface area contributed by atoms with Crippen molar-refractivity contribution in [2.24, 2.45) is 0 Å². The topological polar surface area (TPSA) is 98.5 Å². The molecule has 16 heavy (non-hydrogen) atoms. The van der Waals surface area contributed by atoms with E-state index in [0.717, 1.165) is 4.31 Å². The number of hydrogen-bond acceptors (Lipinski definition) is 4. The van der Waals surface area contributed by atoms with Crippen molar-refractivity contribution in [2.75, 3.05) is 6.54 Å². The van der Waals surface area contributed by atoms with E-state index in [-0.39, 0.29) is 6.42 Å². The SMILES string of the molecule is CCC(C#N)S(=O)(=O)N(CC(=O)O)C(C)C. The first kappa shape index (κ1) is 14.9. The molecule has 0 aliphatic rings. The van der Waals surface area contributed by atoms with Gasteiger partial charge in [0.2, 0.25) is 10.0 Å². The molecule has 1 N–H and O–H groups in total. The summed E-state index contributed by atoms with van der Waals surface area (Å²) >= 11 is 0. The first-order valence-corrected chi connectivity index (χ1v) is 6.39. The molecule has 0 spiro atoms. The molecule has 0 saturated carbocycles. The van der Waals surface area contributed by atoms with Gasteiger partial charge in [-0.05, 0) is 20.3 Å². The van der Waals surface area contributed by atoms with Crippen molar-refractivity contribution >= 4 is 16.0 Å². The van der Waals surface area contributed by atoms with E-state index in [2.05, 4.69) is 0 Å². The number of rotatable bonds is 6. The lowest BCUT2D eigenvalue weighted by atomic mass is 10.4. The molecule has 0 amide bonds. The van der Waals surface area contributed by atoms with Crippen LogP contribution >= 0.6 is 0 Å². The molecule has 0 saturated heterocycles. The summed E-state index contributed by atoms with van der Waals surface area (Å²) in [5, 5.41) is 16.2. The maximum absolute atomic E-state index is 11.9. The minimum absolute atomic E-state index is 0.141. The summed E-state index contributed by atoms with van der Waals surface area (Å²) in [4.78, 5) is 10.6. The number of carboxylic acids is 1. The highest BCUT2D eigenvalue weighted by atomic mass is 32.2. The van der Waals surface area contributed by atoms with E-state index >= 15 is 0 Å². The predicted molar refractivity (Wildman–Crippen MR) is 58.1 cm³/mol. The molecule has 0 aromatic heterocycles. The highest BCUT2D eigenvalue weighted by Gasteiger charge is 2.33. The number of hydrogen-bond donors (Lipinski definition) is 1. The van der Waals surface area contributed by atoms with Gasteiger partial charge >= 0.3 is 5.97 Å². The van der Waals surface area contributed by atoms with Gasteiger partial charge in [0.05, 0.1) is 6.07 Å². The highest BCUT2D eigenvalue weighted by Crippen LogP contribution is 2.14. The second kappa shape index (κ2) is 5.82. The lowest BCUT2D eigenvalue weighted by Gasteiger charge is -2.25. The van der Waals surface area contributed by atoms with Gasteiger partial charge in [-0.15, -0.1) is 0 Å². The van der Waals surface area contributed by atoms with E-state index < -0.39 is 33.8 Å². The normalized spacial score (nSPS) is 13.8. The van der Waals surface area contributed by atoms with Crippen molar-refractivity contribution in [1.82, 2.24) is 4.31 Å². The van der Waals surface area contributed by atoms with E-state index in [0.29, 0.717) is 0 Å². The molecule has 0 heterocycles. The van der Waals surface area contributed by atoms with E-state index in [1.807, 2.05) is 0 Å². The summed E-state index contributed by atoms with van der Waals surface area (Å²) in [6.45, 7) is 4.11. The number of carboxylic acid groups (broad SMARTS) is 1. The molecule has 0 aliphatic heterocycles. The van der Waals surface area contributed by atoms with Gasteiger partial charge in [0, 0.05) is 6.04 Å². The first-order chi connectivity index (χ1) is 7.27. The predicted octanol–water partition coefficient (Wildman–Crippen LogP) is 0.413. The van der Waals surface area contributed by atoms with Crippen molar-refractivity contribution < 1.29 is 18.3 Å². The number of nitriles is 1. The number of sulfonamides is 1. The lowest BCUT2D eigenvalue weighted by Crippen LogP contribution is -2.45. The molecule has 7 heteroatoms. The molecule has 0 aliphatic carbocycles. The Morgan fingerprint density at radius 1 is 1.50 bits per heavy atom. The molecule has 0 fully saturated rings. The Morgan fingerprint density at radius 2 is 2.00 bits per heavy atom. The zero-order valence-electron chi connectivity index (χ0n) is 9.54. The molecule has 92 valence electrons.